The molecule has 2 aromatic heterocycles. The molecule has 1 aromatic carbocycles. The van der Waals surface area contributed by atoms with Crippen molar-refractivity contribution in [3.8, 4) is 11.1 Å². The predicted octanol–water partition coefficient (Wildman–Crippen LogP) is 1.17. The summed E-state index contributed by atoms with van der Waals surface area (Å²) in [5.74, 6) is -2.90. The van der Waals surface area contributed by atoms with Crippen LogP contribution in [-0.4, -0.2) is 41.2 Å². The largest absolute Gasteiger partial charge is 0.481 e. The zero-order valence-electron chi connectivity index (χ0n) is 17.8. The van der Waals surface area contributed by atoms with E-state index in [1.54, 1.807) is 36.3 Å². The third-order valence-corrected chi connectivity index (χ3v) is 5.49. The molecule has 3 aromatic rings. The lowest BCUT2D eigenvalue weighted by molar-refractivity contribution is -0.146. The van der Waals surface area contributed by atoms with Gasteiger partial charge in [0.1, 0.15) is 5.82 Å². The Hall–Kier alpha value is -3.53. The van der Waals surface area contributed by atoms with Gasteiger partial charge in [-0.3, -0.25) is 18.8 Å². The summed E-state index contributed by atoms with van der Waals surface area (Å²) in [7, 11) is 3.25. The van der Waals surface area contributed by atoms with Crippen LogP contribution in [0.4, 0.5) is 4.39 Å². The molecule has 0 aliphatic carbocycles. The molecule has 9 nitrogen and oxygen atoms in total. The van der Waals surface area contributed by atoms with Gasteiger partial charge in [-0.15, -0.1) is 0 Å². The lowest BCUT2D eigenvalue weighted by Gasteiger charge is -2.19. The first kappa shape index (κ1) is 23.1. The van der Waals surface area contributed by atoms with Gasteiger partial charge in [0.2, 0.25) is 0 Å². The molecule has 2 heterocycles. The molecular formula is C22H25FN4O5. The van der Waals surface area contributed by atoms with Crippen LogP contribution in [0.15, 0.2) is 52.4 Å². The topological polar surface area (TPSA) is 119 Å². The van der Waals surface area contributed by atoms with Gasteiger partial charge in [0.25, 0.3) is 5.56 Å². The second-order valence-electron chi connectivity index (χ2n) is 7.75. The molecule has 0 aliphatic rings. The second-order valence-corrected chi connectivity index (χ2v) is 7.75. The molecular weight excluding hydrogens is 419 g/mol. The number of halogens is 1. The van der Waals surface area contributed by atoms with Crippen molar-refractivity contribution in [2.24, 2.45) is 20.0 Å². The van der Waals surface area contributed by atoms with Crippen molar-refractivity contribution in [2.45, 2.75) is 31.9 Å². The third kappa shape index (κ3) is 5.20. The van der Waals surface area contributed by atoms with Gasteiger partial charge in [-0.05, 0) is 36.5 Å². The lowest BCUT2D eigenvalue weighted by Crippen LogP contribution is -2.39. The quantitative estimate of drug-likeness (QED) is 0.511. The SMILES string of the molecule is Cn1cc(-c2ccc(CC[C@@H](O)[C@H](CCn3c(=O)ccn(C)c3=O)C(=O)O)c(F)c2)cn1. The lowest BCUT2D eigenvalue weighted by atomic mass is 9.93. The summed E-state index contributed by atoms with van der Waals surface area (Å²) in [6.07, 6.45) is 3.49. The number of aliphatic hydroxyl groups is 1. The zero-order valence-corrected chi connectivity index (χ0v) is 17.8. The first-order valence-corrected chi connectivity index (χ1v) is 10.1. The van der Waals surface area contributed by atoms with Crippen LogP contribution in [-0.2, 0) is 31.9 Å². The molecule has 10 heteroatoms. The Balaban J connectivity index is 1.66. The fourth-order valence-electron chi connectivity index (χ4n) is 3.57. The number of carbonyl (C=O) groups is 1. The van der Waals surface area contributed by atoms with Crippen molar-refractivity contribution in [3.05, 3.63) is 75.1 Å². The number of aliphatic carboxylic acids is 1. The monoisotopic (exact) mass is 444 g/mol. The van der Waals surface area contributed by atoms with Crippen LogP contribution >= 0.6 is 0 Å². The van der Waals surface area contributed by atoms with E-state index in [-0.39, 0.29) is 25.8 Å². The standard InChI is InChI=1S/C22H25FN4O5/c1-25-9-8-20(29)27(22(25)32)10-7-17(21(30)31)19(28)6-5-14-3-4-15(11-18(14)23)16-12-24-26(2)13-16/h3-4,8-9,11-13,17,19,28H,5-7,10H2,1-2H3,(H,30,31)/t17-,19+/m0/s1. The maximum absolute atomic E-state index is 14.5. The number of hydrogen-bond acceptors (Lipinski definition) is 5. The average molecular weight is 444 g/mol. The number of aromatic nitrogens is 4. The zero-order chi connectivity index (χ0) is 23.4. The van der Waals surface area contributed by atoms with Crippen molar-refractivity contribution < 1.29 is 19.4 Å². The second kappa shape index (κ2) is 9.73. The molecule has 0 unspecified atom stereocenters. The molecule has 0 fully saturated rings. The number of benzene rings is 1. The maximum atomic E-state index is 14.5. The molecule has 0 bridgehead atoms. The van der Waals surface area contributed by atoms with Crippen LogP contribution in [0.5, 0.6) is 0 Å². The fourth-order valence-corrected chi connectivity index (χ4v) is 3.57. The van der Waals surface area contributed by atoms with E-state index in [2.05, 4.69) is 5.10 Å². The Morgan fingerprint density at radius 3 is 2.53 bits per heavy atom. The van der Waals surface area contributed by atoms with Crippen LogP contribution < -0.4 is 11.2 Å². The van der Waals surface area contributed by atoms with Gasteiger partial charge in [0, 0.05) is 44.7 Å². The first-order valence-electron chi connectivity index (χ1n) is 10.1. The van der Waals surface area contributed by atoms with Gasteiger partial charge >= 0.3 is 11.7 Å². The number of rotatable bonds is 9. The van der Waals surface area contributed by atoms with E-state index >= 15 is 0 Å². The Morgan fingerprint density at radius 2 is 1.91 bits per heavy atom. The molecule has 0 saturated heterocycles. The molecule has 0 saturated carbocycles. The predicted molar refractivity (Wildman–Crippen MR) is 115 cm³/mol. The molecule has 32 heavy (non-hydrogen) atoms. The molecule has 0 spiro atoms. The Kier molecular flexibility index (Phi) is 7.04. The highest BCUT2D eigenvalue weighted by Gasteiger charge is 2.27. The van der Waals surface area contributed by atoms with Crippen molar-refractivity contribution in [2.75, 3.05) is 0 Å². The number of aryl methyl sites for hydroxylation is 3. The van der Waals surface area contributed by atoms with Crippen LogP contribution in [0.2, 0.25) is 0 Å². The summed E-state index contributed by atoms with van der Waals surface area (Å²) in [5, 5.41) is 24.0. The van der Waals surface area contributed by atoms with Crippen LogP contribution in [0.1, 0.15) is 18.4 Å². The van der Waals surface area contributed by atoms with Gasteiger partial charge < -0.3 is 14.8 Å². The number of aliphatic hydroxyl groups excluding tert-OH is 1. The van der Waals surface area contributed by atoms with Crippen molar-refractivity contribution in [1.82, 2.24) is 18.9 Å². The summed E-state index contributed by atoms with van der Waals surface area (Å²) < 4.78 is 18.3. The van der Waals surface area contributed by atoms with Gasteiger partial charge in [-0.2, -0.15) is 5.10 Å². The summed E-state index contributed by atoms with van der Waals surface area (Å²) in [5.41, 5.74) is 0.688. The van der Waals surface area contributed by atoms with Crippen molar-refractivity contribution >= 4 is 5.97 Å². The highest BCUT2D eigenvalue weighted by molar-refractivity contribution is 5.70. The molecule has 0 aliphatic heterocycles. The Morgan fingerprint density at radius 1 is 1.16 bits per heavy atom. The minimum atomic E-state index is -1.27. The van der Waals surface area contributed by atoms with Gasteiger partial charge in [0.15, 0.2) is 0 Å². The minimum absolute atomic E-state index is 0.0157. The first-order chi connectivity index (χ1) is 15.2. The molecule has 170 valence electrons. The minimum Gasteiger partial charge on any atom is -0.481 e. The van der Waals surface area contributed by atoms with Gasteiger partial charge in [-0.25, -0.2) is 9.18 Å². The van der Waals surface area contributed by atoms with E-state index in [4.69, 9.17) is 0 Å². The Bertz CT molecular complexity index is 1230. The van der Waals surface area contributed by atoms with E-state index in [0.717, 1.165) is 10.1 Å². The van der Waals surface area contributed by atoms with Gasteiger partial charge in [-0.1, -0.05) is 12.1 Å². The summed E-state index contributed by atoms with van der Waals surface area (Å²) >= 11 is 0. The fraction of sp³-hybridized carbons (Fsp3) is 0.364. The van der Waals surface area contributed by atoms with E-state index in [1.165, 1.54) is 29.9 Å². The van der Waals surface area contributed by atoms with E-state index in [0.29, 0.717) is 11.1 Å². The van der Waals surface area contributed by atoms with E-state index in [9.17, 15) is 29.0 Å². The van der Waals surface area contributed by atoms with Crippen LogP contribution in [0.25, 0.3) is 11.1 Å². The third-order valence-electron chi connectivity index (χ3n) is 5.49. The van der Waals surface area contributed by atoms with Crippen LogP contribution in [0, 0.1) is 11.7 Å². The van der Waals surface area contributed by atoms with Crippen molar-refractivity contribution in [1.29, 1.82) is 0 Å². The Labute approximate surface area is 183 Å². The smallest absolute Gasteiger partial charge is 0.330 e. The van der Waals surface area contributed by atoms with Crippen LogP contribution in [0.3, 0.4) is 0 Å². The van der Waals surface area contributed by atoms with Gasteiger partial charge in [0.05, 0.1) is 18.2 Å². The summed E-state index contributed by atoms with van der Waals surface area (Å²) in [6.45, 7) is -0.144. The highest BCUT2D eigenvalue weighted by atomic mass is 19.1. The number of carboxylic acids is 1. The average Bonchev–Trinajstić information content (AvgIpc) is 3.18. The number of carboxylic acid groups (broad SMARTS) is 1. The molecule has 2 N–H and O–H groups in total. The van der Waals surface area contributed by atoms with E-state index < -0.39 is 35.1 Å². The summed E-state index contributed by atoms with van der Waals surface area (Å²) in [6, 6.07) is 5.94. The molecule has 3 rings (SSSR count). The van der Waals surface area contributed by atoms with Crippen molar-refractivity contribution in [3.63, 3.8) is 0 Å². The molecule has 0 radical (unpaired) electrons. The molecule has 2 atom stereocenters. The highest BCUT2D eigenvalue weighted by Crippen LogP contribution is 2.23. The number of hydrogen-bond donors (Lipinski definition) is 2. The summed E-state index contributed by atoms with van der Waals surface area (Å²) in [4.78, 5) is 35.7. The molecule has 0 amide bonds. The maximum Gasteiger partial charge on any atom is 0.330 e. The van der Waals surface area contributed by atoms with E-state index in [1.807, 2.05) is 0 Å². The normalized spacial score (nSPS) is 13.1. The number of nitrogens with zero attached hydrogens (tertiary/aromatic N) is 4.